The molecule has 0 saturated carbocycles. The third-order valence-electron chi connectivity index (χ3n) is 3.33. The van der Waals surface area contributed by atoms with Crippen molar-refractivity contribution in [3.8, 4) is 0 Å². The minimum atomic E-state index is -4.72. The molecule has 1 heterocycles. The van der Waals surface area contributed by atoms with Crippen LogP contribution in [-0.2, 0) is 13.2 Å². The van der Waals surface area contributed by atoms with Crippen LogP contribution in [0.15, 0.2) is 18.2 Å². The quantitative estimate of drug-likeness (QED) is 0.905. The minimum Gasteiger partial charge on any atom is -0.320 e. The number of amides is 1. The van der Waals surface area contributed by atoms with Crippen LogP contribution >= 0.6 is 11.6 Å². The van der Waals surface area contributed by atoms with Crippen LogP contribution in [0.25, 0.3) is 0 Å². The second kappa shape index (κ2) is 5.64. The summed E-state index contributed by atoms with van der Waals surface area (Å²) in [5.41, 5.74) is 0.670. The van der Waals surface area contributed by atoms with Crippen molar-refractivity contribution >= 4 is 23.2 Å². The van der Waals surface area contributed by atoms with Gasteiger partial charge in [0.25, 0.3) is 5.91 Å². The summed E-state index contributed by atoms with van der Waals surface area (Å²) in [6, 6.07) is 5.27. The smallest absolute Gasteiger partial charge is 0.320 e. The number of carbonyl (C=O) groups is 1. The summed E-state index contributed by atoms with van der Waals surface area (Å²) in [5.74, 6) is -0.746. The van der Waals surface area contributed by atoms with E-state index in [1.54, 1.807) is 19.1 Å². The SMILES string of the molecule is Cc1cccc(NC(=O)c2c(Cl)c(C(F)(F)F)nn2C)c1C. The number of aryl methyl sites for hydroxylation is 2. The van der Waals surface area contributed by atoms with Gasteiger partial charge in [0, 0.05) is 12.7 Å². The second-order valence-corrected chi connectivity index (χ2v) is 5.21. The van der Waals surface area contributed by atoms with Crippen LogP contribution in [0.2, 0.25) is 5.02 Å². The molecule has 0 fully saturated rings. The van der Waals surface area contributed by atoms with Crippen LogP contribution in [0.5, 0.6) is 0 Å². The number of aromatic nitrogens is 2. The number of benzene rings is 1. The fraction of sp³-hybridized carbons (Fsp3) is 0.286. The van der Waals surface area contributed by atoms with Gasteiger partial charge >= 0.3 is 6.18 Å². The highest BCUT2D eigenvalue weighted by Crippen LogP contribution is 2.35. The third-order valence-corrected chi connectivity index (χ3v) is 3.68. The number of nitrogens with one attached hydrogen (secondary N) is 1. The van der Waals surface area contributed by atoms with Crippen LogP contribution in [0, 0.1) is 13.8 Å². The van der Waals surface area contributed by atoms with Gasteiger partial charge in [0.05, 0.1) is 0 Å². The molecular weight excluding hydrogens is 319 g/mol. The fourth-order valence-corrected chi connectivity index (χ4v) is 2.35. The van der Waals surface area contributed by atoms with Gasteiger partial charge in [-0.3, -0.25) is 9.48 Å². The molecule has 8 heteroatoms. The molecule has 0 bridgehead atoms. The van der Waals surface area contributed by atoms with Gasteiger partial charge in [0.1, 0.15) is 10.7 Å². The highest BCUT2D eigenvalue weighted by Gasteiger charge is 2.39. The number of nitrogens with zero attached hydrogens (tertiary/aromatic N) is 2. The molecule has 4 nitrogen and oxygen atoms in total. The molecule has 1 amide bonds. The second-order valence-electron chi connectivity index (χ2n) is 4.83. The first-order chi connectivity index (χ1) is 10.1. The standard InChI is InChI=1S/C14H13ClF3N3O/c1-7-5-4-6-9(8(7)2)19-13(22)11-10(15)12(14(16,17)18)20-21(11)3/h4-6H,1-3H3,(H,19,22). The highest BCUT2D eigenvalue weighted by molar-refractivity contribution is 6.34. The fourth-order valence-electron chi connectivity index (χ4n) is 1.99. The minimum absolute atomic E-state index is 0.338. The molecule has 0 unspecified atom stereocenters. The van der Waals surface area contributed by atoms with Crippen molar-refractivity contribution in [2.75, 3.05) is 5.32 Å². The predicted octanol–water partition coefficient (Wildman–Crippen LogP) is 3.96. The van der Waals surface area contributed by atoms with Gasteiger partial charge in [0.15, 0.2) is 5.69 Å². The average Bonchev–Trinajstić information content (AvgIpc) is 2.70. The lowest BCUT2D eigenvalue weighted by Gasteiger charge is -2.10. The molecule has 22 heavy (non-hydrogen) atoms. The van der Waals surface area contributed by atoms with Crippen molar-refractivity contribution in [3.05, 3.63) is 45.7 Å². The molecule has 0 radical (unpaired) electrons. The maximum absolute atomic E-state index is 12.8. The Hall–Kier alpha value is -2.02. The predicted molar refractivity (Wildman–Crippen MR) is 77.1 cm³/mol. The van der Waals surface area contributed by atoms with Gasteiger partial charge in [-0.1, -0.05) is 23.7 Å². The average molecular weight is 332 g/mol. The van der Waals surface area contributed by atoms with E-state index in [2.05, 4.69) is 10.4 Å². The Morgan fingerprint density at radius 3 is 2.50 bits per heavy atom. The van der Waals surface area contributed by atoms with Crippen LogP contribution in [0.1, 0.15) is 27.3 Å². The summed E-state index contributed by atoms with van der Waals surface area (Å²) in [6.45, 7) is 3.67. The van der Waals surface area contributed by atoms with Crippen molar-refractivity contribution in [1.82, 2.24) is 9.78 Å². The maximum Gasteiger partial charge on any atom is 0.436 e. The topological polar surface area (TPSA) is 46.9 Å². The first-order valence-electron chi connectivity index (χ1n) is 6.30. The van der Waals surface area contributed by atoms with Crippen LogP contribution < -0.4 is 5.32 Å². The lowest BCUT2D eigenvalue weighted by atomic mass is 10.1. The normalized spacial score (nSPS) is 11.6. The van der Waals surface area contributed by atoms with E-state index in [1.807, 2.05) is 13.0 Å². The molecule has 0 atom stereocenters. The Bertz CT molecular complexity index is 738. The van der Waals surface area contributed by atoms with Crippen molar-refractivity contribution in [2.24, 2.45) is 7.05 Å². The Labute approximate surface area is 129 Å². The largest absolute Gasteiger partial charge is 0.436 e. The van der Waals surface area contributed by atoms with Gasteiger partial charge in [-0.15, -0.1) is 0 Å². The van der Waals surface area contributed by atoms with Gasteiger partial charge in [-0.2, -0.15) is 18.3 Å². The Morgan fingerprint density at radius 1 is 1.32 bits per heavy atom. The lowest BCUT2D eigenvalue weighted by Crippen LogP contribution is -2.17. The zero-order valence-corrected chi connectivity index (χ0v) is 12.8. The van der Waals surface area contributed by atoms with Gasteiger partial charge in [-0.25, -0.2) is 0 Å². The third kappa shape index (κ3) is 2.94. The number of carbonyl (C=O) groups excluding carboxylic acids is 1. The van der Waals surface area contributed by atoms with Crippen LogP contribution in [-0.4, -0.2) is 15.7 Å². The monoisotopic (exact) mass is 331 g/mol. The van der Waals surface area contributed by atoms with E-state index in [0.29, 0.717) is 5.69 Å². The molecule has 0 aliphatic heterocycles. The van der Waals surface area contributed by atoms with Crippen molar-refractivity contribution in [3.63, 3.8) is 0 Å². The number of hydrogen-bond acceptors (Lipinski definition) is 2. The van der Waals surface area contributed by atoms with Crippen molar-refractivity contribution in [2.45, 2.75) is 20.0 Å². The summed E-state index contributed by atoms with van der Waals surface area (Å²) in [5, 5.41) is 5.13. The molecule has 1 aromatic carbocycles. The number of halogens is 4. The van der Waals surface area contributed by atoms with E-state index in [-0.39, 0.29) is 5.69 Å². The number of rotatable bonds is 2. The zero-order valence-electron chi connectivity index (χ0n) is 12.0. The molecule has 2 rings (SSSR count). The highest BCUT2D eigenvalue weighted by atomic mass is 35.5. The molecule has 118 valence electrons. The molecule has 2 aromatic rings. The van der Waals surface area contributed by atoms with Crippen molar-refractivity contribution < 1.29 is 18.0 Å². The first-order valence-corrected chi connectivity index (χ1v) is 6.68. The first kappa shape index (κ1) is 16.4. The molecular formula is C14H13ClF3N3O. The van der Waals surface area contributed by atoms with E-state index >= 15 is 0 Å². The Kier molecular flexibility index (Phi) is 4.19. The summed E-state index contributed by atoms with van der Waals surface area (Å²) in [6.07, 6.45) is -4.72. The van der Waals surface area contributed by atoms with Gasteiger partial charge in [0.2, 0.25) is 0 Å². The maximum atomic E-state index is 12.8. The van der Waals surface area contributed by atoms with E-state index in [4.69, 9.17) is 11.6 Å². The Morgan fingerprint density at radius 2 is 1.95 bits per heavy atom. The number of alkyl halides is 3. The van der Waals surface area contributed by atoms with E-state index in [1.165, 1.54) is 7.05 Å². The summed E-state index contributed by atoms with van der Waals surface area (Å²) < 4.78 is 39.1. The van der Waals surface area contributed by atoms with Crippen LogP contribution in [0.3, 0.4) is 0 Å². The van der Waals surface area contributed by atoms with Gasteiger partial charge in [-0.05, 0) is 31.0 Å². The van der Waals surface area contributed by atoms with E-state index in [9.17, 15) is 18.0 Å². The molecule has 1 N–H and O–H groups in total. The molecule has 0 saturated heterocycles. The summed E-state index contributed by atoms with van der Waals surface area (Å²) >= 11 is 5.68. The Balaban J connectivity index is 2.39. The summed E-state index contributed by atoms with van der Waals surface area (Å²) in [4.78, 5) is 12.2. The van der Waals surface area contributed by atoms with E-state index in [0.717, 1.165) is 15.8 Å². The summed E-state index contributed by atoms with van der Waals surface area (Å²) in [7, 11) is 1.24. The van der Waals surface area contributed by atoms with Gasteiger partial charge < -0.3 is 5.32 Å². The number of hydrogen-bond donors (Lipinski definition) is 1. The molecule has 0 aliphatic carbocycles. The molecule has 0 spiro atoms. The van der Waals surface area contributed by atoms with E-state index < -0.39 is 22.8 Å². The van der Waals surface area contributed by atoms with Crippen LogP contribution in [0.4, 0.5) is 18.9 Å². The molecule has 0 aliphatic rings. The number of anilines is 1. The lowest BCUT2D eigenvalue weighted by molar-refractivity contribution is -0.141. The zero-order chi connectivity index (χ0) is 16.7. The molecule has 1 aromatic heterocycles. The van der Waals surface area contributed by atoms with Crippen molar-refractivity contribution in [1.29, 1.82) is 0 Å².